The highest BCUT2D eigenvalue weighted by atomic mass is 79.9. The van der Waals surface area contributed by atoms with E-state index in [1.165, 1.54) is 6.07 Å². The number of alkyl halides is 3. The van der Waals surface area contributed by atoms with E-state index < -0.39 is 34.5 Å². The van der Waals surface area contributed by atoms with E-state index in [2.05, 4.69) is 21.7 Å². The van der Waals surface area contributed by atoms with Crippen LogP contribution in [0.15, 0.2) is 22.7 Å². The number of benzene rings is 1. The molecular weight excluding hydrogens is 321 g/mol. The molecule has 18 heavy (non-hydrogen) atoms. The number of urea groups is 1. The summed E-state index contributed by atoms with van der Waals surface area (Å²) in [5.41, 5.74) is 3.09. The Hall–Kier alpha value is -1.77. The van der Waals surface area contributed by atoms with Gasteiger partial charge < -0.3 is 10.8 Å². The second-order valence-corrected chi connectivity index (χ2v) is 4.02. The average molecular weight is 327 g/mol. The predicted molar refractivity (Wildman–Crippen MR) is 59.2 cm³/mol. The lowest BCUT2D eigenvalue weighted by molar-refractivity contribution is -0.120. The second-order valence-electron chi connectivity index (χ2n) is 3.11. The standard InChI is InChI=1S/C9H6BrF3N2O3/c10-4-1-2-6(5(3-4)7(16)17)15(8(14)18)9(11,12)13/h1-3H,(H2,14,18)(H,16,17). The Morgan fingerprint density at radius 2 is 1.89 bits per heavy atom. The van der Waals surface area contributed by atoms with Crippen LogP contribution >= 0.6 is 15.9 Å². The van der Waals surface area contributed by atoms with Crippen LogP contribution in [-0.2, 0) is 0 Å². The van der Waals surface area contributed by atoms with Crippen LogP contribution in [0.2, 0.25) is 0 Å². The molecule has 0 aliphatic rings. The van der Waals surface area contributed by atoms with Gasteiger partial charge >= 0.3 is 18.3 Å². The number of carboxylic acid groups (broad SMARTS) is 1. The fourth-order valence-corrected chi connectivity index (χ4v) is 1.62. The highest BCUT2D eigenvalue weighted by Crippen LogP contribution is 2.32. The van der Waals surface area contributed by atoms with E-state index in [9.17, 15) is 22.8 Å². The lowest BCUT2D eigenvalue weighted by Gasteiger charge is -2.24. The third kappa shape index (κ3) is 2.92. The quantitative estimate of drug-likeness (QED) is 0.819. The molecule has 0 atom stereocenters. The first-order valence-corrected chi connectivity index (χ1v) is 5.13. The number of anilines is 1. The van der Waals surface area contributed by atoms with E-state index in [1.54, 1.807) is 0 Å². The summed E-state index contributed by atoms with van der Waals surface area (Å²) in [6.45, 7) is 0. The second kappa shape index (κ2) is 4.84. The van der Waals surface area contributed by atoms with Crippen LogP contribution < -0.4 is 10.6 Å². The van der Waals surface area contributed by atoms with Gasteiger partial charge in [-0.25, -0.2) is 14.5 Å². The molecule has 0 radical (unpaired) electrons. The smallest absolute Gasteiger partial charge is 0.478 e. The van der Waals surface area contributed by atoms with Gasteiger partial charge in [0.25, 0.3) is 0 Å². The lowest BCUT2D eigenvalue weighted by Crippen LogP contribution is -2.46. The molecule has 1 aromatic carbocycles. The molecule has 0 fully saturated rings. The Morgan fingerprint density at radius 1 is 1.33 bits per heavy atom. The molecule has 0 unspecified atom stereocenters. The van der Waals surface area contributed by atoms with Crippen LogP contribution in [0.5, 0.6) is 0 Å². The van der Waals surface area contributed by atoms with Crippen molar-refractivity contribution in [3.63, 3.8) is 0 Å². The summed E-state index contributed by atoms with van der Waals surface area (Å²) < 4.78 is 38.1. The fraction of sp³-hybridized carbons (Fsp3) is 0.111. The Bertz CT molecular complexity index is 504. The molecule has 0 spiro atoms. The van der Waals surface area contributed by atoms with Gasteiger partial charge in [0.2, 0.25) is 0 Å². The molecule has 0 heterocycles. The van der Waals surface area contributed by atoms with Gasteiger partial charge in [0.1, 0.15) is 0 Å². The van der Waals surface area contributed by atoms with Crippen LogP contribution in [0.4, 0.5) is 23.7 Å². The van der Waals surface area contributed by atoms with Gasteiger partial charge in [-0.1, -0.05) is 15.9 Å². The zero-order valence-electron chi connectivity index (χ0n) is 8.53. The summed E-state index contributed by atoms with van der Waals surface area (Å²) in [5, 5.41) is 8.82. The number of halogens is 4. The van der Waals surface area contributed by atoms with Gasteiger partial charge in [0, 0.05) is 4.47 Å². The molecule has 1 aromatic rings. The van der Waals surface area contributed by atoms with Gasteiger partial charge in [-0.2, -0.15) is 0 Å². The molecule has 5 nitrogen and oxygen atoms in total. The molecule has 0 aliphatic carbocycles. The summed E-state index contributed by atoms with van der Waals surface area (Å²) in [5.74, 6) is -1.61. The molecule has 98 valence electrons. The molecule has 9 heteroatoms. The lowest BCUT2D eigenvalue weighted by atomic mass is 10.1. The van der Waals surface area contributed by atoms with Gasteiger partial charge in [0.05, 0.1) is 11.3 Å². The minimum Gasteiger partial charge on any atom is -0.478 e. The first-order chi connectivity index (χ1) is 8.14. The van der Waals surface area contributed by atoms with E-state index in [-0.39, 0.29) is 4.47 Å². The third-order valence-electron chi connectivity index (χ3n) is 1.90. The van der Waals surface area contributed by atoms with Crippen molar-refractivity contribution in [2.24, 2.45) is 5.73 Å². The number of primary amides is 1. The van der Waals surface area contributed by atoms with E-state index in [4.69, 9.17) is 5.11 Å². The highest BCUT2D eigenvalue weighted by Gasteiger charge is 2.43. The van der Waals surface area contributed by atoms with E-state index >= 15 is 0 Å². The minimum atomic E-state index is -5.11. The first kappa shape index (κ1) is 14.3. The summed E-state index contributed by atoms with van der Waals surface area (Å²) >= 11 is 2.92. The number of nitrogens with two attached hydrogens (primary N) is 1. The SMILES string of the molecule is NC(=O)N(c1ccc(Br)cc1C(=O)O)C(F)(F)F. The van der Waals surface area contributed by atoms with Crippen LogP contribution in [-0.4, -0.2) is 23.4 Å². The number of carboxylic acids is 1. The number of hydrogen-bond donors (Lipinski definition) is 2. The fourth-order valence-electron chi connectivity index (χ4n) is 1.25. The Kier molecular flexibility index (Phi) is 3.85. The van der Waals surface area contributed by atoms with E-state index in [1.807, 2.05) is 0 Å². The first-order valence-electron chi connectivity index (χ1n) is 4.34. The predicted octanol–water partition coefficient (Wildman–Crippen LogP) is 2.55. The van der Waals surface area contributed by atoms with Crippen molar-refractivity contribution in [3.8, 4) is 0 Å². The van der Waals surface area contributed by atoms with Crippen LogP contribution in [0.1, 0.15) is 10.4 Å². The largest absolute Gasteiger partial charge is 0.493 e. The average Bonchev–Trinajstić information content (AvgIpc) is 2.17. The number of amides is 2. The maximum absolute atomic E-state index is 12.6. The van der Waals surface area contributed by atoms with Crippen molar-refractivity contribution in [2.75, 3.05) is 4.90 Å². The van der Waals surface area contributed by atoms with Crippen molar-refractivity contribution >= 4 is 33.6 Å². The number of carbonyl (C=O) groups excluding carboxylic acids is 1. The Balaban J connectivity index is 3.47. The summed E-state index contributed by atoms with van der Waals surface area (Å²) in [6.07, 6.45) is -5.11. The number of hydrogen-bond acceptors (Lipinski definition) is 2. The number of rotatable bonds is 2. The molecule has 0 saturated carbocycles. The van der Waals surface area contributed by atoms with E-state index in [0.29, 0.717) is 0 Å². The van der Waals surface area contributed by atoms with Crippen LogP contribution in [0.3, 0.4) is 0 Å². The third-order valence-corrected chi connectivity index (χ3v) is 2.40. The van der Waals surface area contributed by atoms with Crippen LogP contribution in [0, 0.1) is 0 Å². The van der Waals surface area contributed by atoms with Crippen molar-refractivity contribution in [2.45, 2.75) is 6.30 Å². The maximum atomic E-state index is 12.6. The zero-order chi connectivity index (χ0) is 14.1. The van der Waals surface area contributed by atoms with Gasteiger partial charge in [0.15, 0.2) is 0 Å². The molecule has 0 bridgehead atoms. The highest BCUT2D eigenvalue weighted by molar-refractivity contribution is 9.10. The Morgan fingerprint density at radius 3 is 2.28 bits per heavy atom. The molecule has 0 aromatic heterocycles. The molecule has 1 rings (SSSR count). The van der Waals surface area contributed by atoms with Crippen molar-refractivity contribution < 1.29 is 27.9 Å². The molecule has 3 N–H and O–H groups in total. The minimum absolute atomic E-state index is 0.259. The van der Waals surface area contributed by atoms with Gasteiger partial charge in [-0.15, -0.1) is 13.2 Å². The monoisotopic (exact) mass is 326 g/mol. The van der Waals surface area contributed by atoms with Crippen molar-refractivity contribution in [1.82, 2.24) is 0 Å². The van der Waals surface area contributed by atoms with Crippen molar-refractivity contribution in [3.05, 3.63) is 28.2 Å². The number of aromatic carboxylic acids is 1. The molecule has 0 aliphatic heterocycles. The zero-order valence-corrected chi connectivity index (χ0v) is 10.1. The van der Waals surface area contributed by atoms with Crippen LogP contribution in [0.25, 0.3) is 0 Å². The normalized spacial score (nSPS) is 11.1. The number of carbonyl (C=O) groups is 2. The summed E-state index contributed by atoms with van der Waals surface area (Å²) in [6, 6.07) is 1.14. The molecule has 0 saturated heterocycles. The maximum Gasteiger partial charge on any atom is 0.493 e. The molecular formula is C9H6BrF3N2O3. The summed E-state index contributed by atoms with van der Waals surface area (Å²) in [7, 11) is 0. The Labute approximate surface area is 107 Å². The topological polar surface area (TPSA) is 83.6 Å². The van der Waals surface area contributed by atoms with Gasteiger partial charge in [-0.3, -0.25) is 0 Å². The van der Waals surface area contributed by atoms with Crippen molar-refractivity contribution in [1.29, 1.82) is 0 Å². The summed E-state index contributed by atoms with van der Waals surface area (Å²) in [4.78, 5) is 21.0. The van der Waals surface area contributed by atoms with E-state index in [0.717, 1.165) is 12.1 Å². The van der Waals surface area contributed by atoms with Gasteiger partial charge in [-0.05, 0) is 18.2 Å². The number of nitrogens with zero attached hydrogens (tertiary/aromatic N) is 1. The molecule has 2 amide bonds.